The van der Waals surface area contributed by atoms with Gasteiger partial charge >= 0.3 is 0 Å². The van der Waals surface area contributed by atoms with E-state index in [4.69, 9.17) is 22.1 Å². The number of benzene rings is 1. The molecule has 7 heteroatoms. The number of aromatic nitrogens is 1. The van der Waals surface area contributed by atoms with Crippen LogP contribution in [0.1, 0.15) is 52.6 Å². The van der Waals surface area contributed by atoms with Crippen molar-refractivity contribution in [1.29, 1.82) is 0 Å². The average molecular weight is 433 g/mol. The summed E-state index contributed by atoms with van der Waals surface area (Å²) in [6, 6.07) is 7.56. The summed E-state index contributed by atoms with van der Waals surface area (Å²) in [6.07, 6.45) is 4.67. The first-order valence-corrected chi connectivity index (χ1v) is 10.6. The number of rotatable bonds is 3. The van der Waals surface area contributed by atoms with Gasteiger partial charge in [-0.15, -0.1) is 0 Å². The lowest BCUT2D eigenvalue weighted by atomic mass is 9.96. The molecular weight excluding hydrogens is 400 g/mol. The van der Waals surface area contributed by atoms with Gasteiger partial charge in [-0.25, -0.2) is 4.99 Å². The van der Waals surface area contributed by atoms with Crippen molar-refractivity contribution in [3.05, 3.63) is 47.2 Å². The summed E-state index contributed by atoms with van der Waals surface area (Å²) in [5, 5.41) is 0.577. The molecule has 1 aliphatic rings. The van der Waals surface area contributed by atoms with Crippen molar-refractivity contribution < 1.29 is 9.53 Å². The van der Waals surface area contributed by atoms with Crippen molar-refractivity contribution in [3.8, 4) is 16.9 Å². The van der Waals surface area contributed by atoms with Gasteiger partial charge in [0.05, 0.1) is 17.7 Å². The minimum absolute atomic E-state index is 0.164. The second kappa shape index (κ2) is 12.9. The van der Waals surface area contributed by atoms with Gasteiger partial charge in [0.25, 0.3) is 0 Å². The van der Waals surface area contributed by atoms with Crippen molar-refractivity contribution in [2.24, 2.45) is 16.6 Å². The highest BCUT2D eigenvalue weighted by molar-refractivity contribution is 6.30. The maximum Gasteiger partial charge on any atom is 0.216 e. The third-order valence-electron chi connectivity index (χ3n) is 3.86. The van der Waals surface area contributed by atoms with Crippen LogP contribution in [0.2, 0.25) is 5.02 Å². The predicted octanol–water partition coefficient (Wildman–Crippen LogP) is 5.32. The maximum absolute atomic E-state index is 10.8. The van der Waals surface area contributed by atoms with Crippen molar-refractivity contribution in [2.75, 3.05) is 13.7 Å². The molecule has 6 nitrogen and oxygen atoms in total. The van der Waals surface area contributed by atoms with E-state index in [-0.39, 0.29) is 12.0 Å². The van der Waals surface area contributed by atoms with Gasteiger partial charge in [0.1, 0.15) is 5.75 Å². The van der Waals surface area contributed by atoms with Crippen LogP contribution < -0.4 is 10.5 Å². The number of carbonyl (C=O) groups is 1. The van der Waals surface area contributed by atoms with Crippen molar-refractivity contribution >= 4 is 24.0 Å². The fourth-order valence-electron chi connectivity index (χ4n) is 2.56. The van der Waals surface area contributed by atoms with Gasteiger partial charge in [-0.05, 0) is 29.7 Å². The molecule has 1 atom stereocenters. The van der Waals surface area contributed by atoms with E-state index in [9.17, 15) is 4.79 Å². The Kier molecular flexibility index (Phi) is 10.9. The summed E-state index contributed by atoms with van der Waals surface area (Å²) in [6.45, 7) is 11.1. The van der Waals surface area contributed by atoms with E-state index in [0.717, 1.165) is 28.4 Å². The molecule has 1 aliphatic heterocycles. The quantitative estimate of drug-likeness (QED) is 0.404. The second-order valence-corrected chi connectivity index (χ2v) is 7.67. The Balaban J connectivity index is 0.000000673. The molecule has 2 N–H and O–H groups in total. The molecule has 0 saturated carbocycles. The summed E-state index contributed by atoms with van der Waals surface area (Å²) in [5.74, 6) is 1.79. The second-order valence-electron chi connectivity index (χ2n) is 7.23. The van der Waals surface area contributed by atoms with Gasteiger partial charge in [0.15, 0.2) is 5.96 Å². The number of aliphatic imine (C=N–C) groups is 1. The predicted molar refractivity (Wildman–Crippen MR) is 125 cm³/mol. The zero-order valence-corrected chi connectivity index (χ0v) is 19.5. The summed E-state index contributed by atoms with van der Waals surface area (Å²) in [7, 11) is 1.57. The maximum atomic E-state index is 10.8. The van der Waals surface area contributed by atoms with Gasteiger partial charge in [-0.2, -0.15) is 0 Å². The fraction of sp³-hybridized carbons (Fsp3) is 0.435. The van der Waals surface area contributed by atoms with Crippen LogP contribution in [0.4, 0.5) is 0 Å². The molecular formula is C23H33ClN4O2. The smallest absolute Gasteiger partial charge is 0.216 e. The summed E-state index contributed by atoms with van der Waals surface area (Å²) >= 11 is 6.02. The fourth-order valence-corrected chi connectivity index (χ4v) is 2.74. The van der Waals surface area contributed by atoms with E-state index in [0.29, 0.717) is 24.5 Å². The summed E-state index contributed by atoms with van der Waals surface area (Å²) in [5.41, 5.74) is 8.68. The molecule has 0 radical (unpaired) electrons. The number of ether oxygens (including phenoxy) is 1. The minimum atomic E-state index is -0.164. The first-order valence-electron chi connectivity index (χ1n) is 10.2. The number of nitrogens with two attached hydrogens (primary N) is 1. The molecule has 0 fully saturated rings. The Morgan fingerprint density at radius 2 is 1.93 bits per heavy atom. The number of nitrogens with zero attached hydrogens (tertiary/aromatic N) is 3. The number of carbonyl (C=O) groups excluding carboxylic acids is 1. The topological polar surface area (TPSA) is 80.8 Å². The Morgan fingerprint density at radius 1 is 1.27 bits per heavy atom. The number of pyridine rings is 1. The van der Waals surface area contributed by atoms with E-state index in [1.165, 1.54) is 4.90 Å². The zero-order valence-electron chi connectivity index (χ0n) is 18.7. The van der Waals surface area contributed by atoms with Gasteiger partial charge in [0, 0.05) is 37.0 Å². The highest BCUT2D eigenvalue weighted by Crippen LogP contribution is 2.37. The Morgan fingerprint density at radius 3 is 2.53 bits per heavy atom. The van der Waals surface area contributed by atoms with Crippen LogP contribution in [0.3, 0.4) is 0 Å². The molecule has 2 heterocycles. The number of hydrogen-bond acceptors (Lipinski definition) is 4. The molecule has 0 bridgehead atoms. The lowest BCUT2D eigenvalue weighted by Crippen LogP contribution is -2.33. The Bertz CT molecular complexity index is 837. The standard InChI is InChI=1S/C17H17ClN4O2.C4H10.C2H6/c1-22(10-23)17(19)21-15-4-5-24-16-3-2-11(7-14(15)16)12-6-13(18)9-20-8-12;1-4(2)3;1-2/h2-3,6-10,15H,4-5H2,1H3,(H2,19,21);4H,1-3H3;1-2H3. The van der Waals surface area contributed by atoms with Gasteiger partial charge in [-0.1, -0.05) is 52.3 Å². The van der Waals surface area contributed by atoms with Crippen LogP contribution in [0.25, 0.3) is 11.1 Å². The lowest BCUT2D eigenvalue weighted by Gasteiger charge is -2.25. The first kappa shape index (κ1) is 25.4. The van der Waals surface area contributed by atoms with E-state index in [2.05, 4.69) is 30.7 Å². The Labute approximate surface area is 185 Å². The molecule has 0 aliphatic carbocycles. The number of guanidine groups is 1. The van der Waals surface area contributed by atoms with Crippen LogP contribution >= 0.6 is 11.6 Å². The number of fused-ring (bicyclic) bond motifs is 1. The molecule has 164 valence electrons. The molecule has 3 rings (SSSR count). The van der Waals surface area contributed by atoms with Crippen LogP contribution in [0, 0.1) is 5.92 Å². The molecule has 1 aromatic heterocycles. The highest BCUT2D eigenvalue weighted by Gasteiger charge is 2.22. The monoisotopic (exact) mass is 432 g/mol. The van der Waals surface area contributed by atoms with Gasteiger partial charge in [-0.3, -0.25) is 14.7 Å². The average Bonchev–Trinajstić information content (AvgIpc) is 2.74. The number of hydrogen-bond donors (Lipinski definition) is 1. The van der Waals surface area contributed by atoms with Gasteiger partial charge < -0.3 is 10.5 Å². The molecule has 30 heavy (non-hydrogen) atoms. The number of halogens is 1. The molecule has 1 amide bonds. The largest absolute Gasteiger partial charge is 0.493 e. The van der Waals surface area contributed by atoms with E-state index in [1.807, 2.05) is 38.1 Å². The SMILES string of the molecule is CC.CC(C)C.CN(C=O)C(N)=NC1CCOc2ccc(-c3cncc(Cl)c3)cc21. The number of amides is 1. The van der Waals surface area contributed by atoms with E-state index in [1.54, 1.807) is 19.4 Å². The molecule has 1 unspecified atom stereocenters. The Hall–Kier alpha value is -2.60. The molecule has 1 aromatic carbocycles. The molecule has 0 saturated heterocycles. The molecule has 2 aromatic rings. The van der Waals surface area contributed by atoms with E-state index >= 15 is 0 Å². The highest BCUT2D eigenvalue weighted by atomic mass is 35.5. The molecule has 0 spiro atoms. The van der Waals surface area contributed by atoms with Crippen LogP contribution in [0.5, 0.6) is 5.75 Å². The minimum Gasteiger partial charge on any atom is -0.493 e. The lowest BCUT2D eigenvalue weighted by molar-refractivity contribution is -0.114. The summed E-state index contributed by atoms with van der Waals surface area (Å²) < 4.78 is 5.70. The normalized spacial score (nSPS) is 14.9. The van der Waals surface area contributed by atoms with Crippen LogP contribution in [-0.2, 0) is 4.79 Å². The third kappa shape index (κ3) is 7.67. The van der Waals surface area contributed by atoms with Crippen molar-refractivity contribution in [1.82, 2.24) is 9.88 Å². The van der Waals surface area contributed by atoms with Crippen molar-refractivity contribution in [2.45, 2.75) is 47.1 Å². The zero-order chi connectivity index (χ0) is 22.7. The summed E-state index contributed by atoms with van der Waals surface area (Å²) in [4.78, 5) is 20.7. The van der Waals surface area contributed by atoms with Crippen LogP contribution in [-0.4, -0.2) is 35.9 Å². The first-order chi connectivity index (χ1) is 14.3. The van der Waals surface area contributed by atoms with E-state index < -0.39 is 0 Å². The van der Waals surface area contributed by atoms with Gasteiger partial charge in [0.2, 0.25) is 6.41 Å². The third-order valence-corrected chi connectivity index (χ3v) is 4.07. The van der Waals surface area contributed by atoms with Crippen molar-refractivity contribution in [3.63, 3.8) is 0 Å². The van der Waals surface area contributed by atoms with Crippen LogP contribution in [0.15, 0.2) is 41.7 Å².